The third kappa shape index (κ3) is 4.07. The van der Waals surface area contributed by atoms with Gasteiger partial charge in [-0.3, -0.25) is 9.78 Å². The number of aromatic nitrogens is 2. The summed E-state index contributed by atoms with van der Waals surface area (Å²) in [6.45, 7) is 2.54. The van der Waals surface area contributed by atoms with Gasteiger partial charge in [-0.05, 0) is 39.7 Å². The minimum absolute atomic E-state index is 0.125. The Bertz CT molecular complexity index is 948. The first-order valence-electron chi connectivity index (χ1n) is 8.86. The van der Waals surface area contributed by atoms with Gasteiger partial charge in [0.05, 0.1) is 0 Å². The molecule has 0 saturated carbocycles. The van der Waals surface area contributed by atoms with Gasteiger partial charge >= 0.3 is 0 Å². The van der Waals surface area contributed by atoms with Crippen LogP contribution in [0.25, 0.3) is 0 Å². The van der Waals surface area contributed by atoms with Crippen LogP contribution < -0.4 is 10.2 Å². The number of carbonyl (C=O) groups excluding carboxylic acids is 1. The number of benzene rings is 1. The van der Waals surface area contributed by atoms with Gasteiger partial charge in [-0.2, -0.15) is 0 Å². The number of hydrogen-bond donors (Lipinski definition) is 1. The number of halogens is 1. The summed E-state index contributed by atoms with van der Waals surface area (Å²) in [6, 6.07) is 18.0. The lowest BCUT2D eigenvalue weighted by Gasteiger charge is -2.35. The first kappa shape index (κ1) is 17.8. The fourth-order valence-corrected chi connectivity index (χ4v) is 3.64. The van der Waals surface area contributed by atoms with Gasteiger partial charge in [0, 0.05) is 48.1 Å². The number of hydrogen-bond acceptors (Lipinski definition) is 5. The molecular weight excluding hydrogens is 404 g/mol. The van der Waals surface area contributed by atoms with E-state index in [0.29, 0.717) is 11.3 Å². The minimum atomic E-state index is -0.125. The Morgan fingerprint density at radius 2 is 1.96 bits per heavy atom. The Labute approximate surface area is 166 Å². The first-order chi connectivity index (χ1) is 13.2. The number of carbonyl (C=O) groups is 1. The highest BCUT2D eigenvalue weighted by molar-refractivity contribution is 9.10. The number of ketones is 1. The van der Waals surface area contributed by atoms with E-state index in [9.17, 15) is 4.79 Å². The van der Waals surface area contributed by atoms with Crippen molar-refractivity contribution < 1.29 is 4.79 Å². The summed E-state index contributed by atoms with van der Waals surface area (Å²) >= 11 is 3.36. The fraction of sp³-hybridized carbons (Fsp3) is 0.190. The molecule has 27 heavy (non-hydrogen) atoms. The Kier molecular flexibility index (Phi) is 5.27. The second kappa shape index (κ2) is 7.98. The van der Waals surface area contributed by atoms with Gasteiger partial charge in [0.25, 0.3) is 0 Å². The van der Waals surface area contributed by atoms with Crippen LogP contribution >= 0.6 is 15.9 Å². The van der Waals surface area contributed by atoms with Gasteiger partial charge in [-0.1, -0.05) is 36.4 Å². The van der Waals surface area contributed by atoms with Crippen molar-refractivity contribution in [2.24, 2.45) is 0 Å². The summed E-state index contributed by atoms with van der Waals surface area (Å²) in [5.41, 5.74) is 2.22. The SMILES string of the molecule is O=C(c1cncc(Br)c1)c1cccc(N2CCNC(c3ccccc3)C2)n1. The van der Waals surface area contributed by atoms with Crippen LogP contribution in [0.15, 0.2) is 71.5 Å². The summed E-state index contributed by atoms with van der Waals surface area (Å²) in [7, 11) is 0. The van der Waals surface area contributed by atoms with Gasteiger partial charge in [-0.15, -0.1) is 0 Å². The molecule has 1 aliphatic heterocycles. The number of pyridine rings is 2. The van der Waals surface area contributed by atoms with Gasteiger partial charge in [0.15, 0.2) is 0 Å². The minimum Gasteiger partial charge on any atom is -0.353 e. The van der Waals surface area contributed by atoms with Crippen LogP contribution in [0.1, 0.15) is 27.7 Å². The van der Waals surface area contributed by atoms with Crippen LogP contribution in [-0.2, 0) is 0 Å². The van der Waals surface area contributed by atoms with E-state index in [4.69, 9.17) is 0 Å². The van der Waals surface area contributed by atoms with Crippen LogP contribution in [0, 0.1) is 0 Å². The smallest absolute Gasteiger partial charge is 0.213 e. The molecule has 3 aromatic rings. The van der Waals surface area contributed by atoms with E-state index < -0.39 is 0 Å². The van der Waals surface area contributed by atoms with E-state index in [-0.39, 0.29) is 11.8 Å². The third-order valence-electron chi connectivity index (χ3n) is 4.64. The molecule has 5 nitrogen and oxygen atoms in total. The molecule has 3 heterocycles. The summed E-state index contributed by atoms with van der Waals surface area (Å²) in [4.78, 5) is 23.7. The summed E-state index contributed by atoms with van der Waals surface area (Å²) in [5.74, 6) is 0.701. The quantitative estimate of drug-likeness (QED) is 0.650. The maximum Gasteiger partial charge on any atom is 0.213 e. The molecule has 1 saturated heterocycles. The van der Waals surface area contributed by atoms with E-state index in [1.807, 2.05) is 18.2 Å². The lowest BCUT2D eigenvalue weighted by molar-refractivity contribution is 0.103. The molecule has 0 spiro atoms. The zero-order valence-corrected chi connectivity index (χ0v) is 16.3. The number of rotatable bonds is 4. The predicted molar refractivity (Wildman–Crippen MR) is 109 cm³/mol. The molecule has 4 rings (SSSR count). The van der Waals surface area contributed by atoms with Crippen LogP contribution in [0.2, 0.25) is 0 Å². The maximum atomic E-state index is 12.8. The van der Waals surface area contributed by atoms with Crippen LogP contribution in [0.4, 0.5) is 5.82 Å². The predicted octanol–water partition coefficient (Wildman–Crippen LogP) is 3.62. The van der Waals surface area contributed by atoms with Crippen molar-refractivity contribution >= 4 is 27.5 Å². The molecule has 136 valence electrons. The molecule has 1 unspecified atom stereocenters. The van der Waals surface area contributed by atoms with Crippen molar-refractivity contribution in [2.45, 2.75) is 6.04 Å². The molecule has 0 bridgehead atoms. The number of piperazine rings is 1. The summed E-state index contributed by atoms with van der Waals surface area (Å²) in [6.07, 6.45) is 3.22. The zero-order valence-electron chi connectivity index (χ0n) is 14.7. The van der Waals surface area contributed by atoms with Crippen LogP contribution in [0.5, 0.6) is 0 Å². The highest BCUT2D eigenvalue weighted by Crippen LogP contribution is 2.22. The maximum absolute atomic E-state index is 12.8. The normalized spacial score (nSPS) is 16.9. The highest BCUT2D eigenvalue weighted by Gasteiger charge is 2.22. The zero-order chi connectivity index (χ0) is 18.6. The summed E-state index contributed by atoms with van der Waals surface area (Å²) < 4.78 is 0.775. The average Bonchev–Trinajstić information content (AvgIpc) is 2.74. The lowest BCUT2D eigenvalue weighted by atomic mass is 10.0. The average molecular weight is 423 g/mol. The van der Waals surface area contributed by atoms with Gasteiger partial charge in [0.2, 0.25) is 5.78 Å². The molecule has 2 aromatic heterocycles. The van der Waals surface area contributed by atoms with Gasteiger partial charge in [0.1, 0.15) is 11.5 Å². The Balaban J connectivity index is 1.56. The Hall–Kier alpha value is -2.57. The first-order valence-corrected chi connectivity index (χ1v) is 9.65. The number of nitrogens with one attached hydrogen (secondary N) is 1. The molecule has 0 aliphatic carbocycles. The van der Waals surface area contributed by atoms with E-state index >= 15 is 0 Å². The number of anilines is 1. The monoisotopic (exact) mass is 422 g/mol. The molecule has 6 heteroatoms. The molecule has 1 aromatic carbocycles. The van der Waals surface area contributed by atoms with Crippen LogP contribution in [0.3, 0.4) is 0 Å². The number of nitrogens with zero attached hydrogens (tertiary/aromatic N) is 3. The van der Waals surface area contributed by atoms with Gasteiger partial charge < -0.3 is 10.2 Å². The standard InChI is InChI=1S/C21H19BrN4O/c22-17-11-16(12-23-13-17)21(27)18-7-4-8-20(25-18)26-10-9-24-19(14-26)15-5-2-1-3-6-15/h1-8,11-13,19,24H,9-10,14H2. The summed E-state index contributed by atoms with van der Waals surface area (Å²) in [5, 5.41) is 3.55. The molecule has 0 amide bonds. The second-order valence-electron chi connectivity index (χ2n) is 6.47. The molecule has 1 fully saturated rings. The molecular formula is C21H19BrN4O. The lowest BCUT2D eigenvalue weighted by Crippen LogP contribution is -2.46. The topological polar surface area (TPSA) is 58.1 Å². The third-order valence-corrected chi connectivity index (χ3v) is 5.07. The fourth-order valence-electron chi connectivity index (χ4n) is 3.28. The molecule has 1 atom stereocenters. The van der Waals surface area contributed by atoms with Crippen molar-refractivity contribution in [3.63, 3.8) is 0 Å². The van der Waals surface area contributed by atoms with E-state index in [1.54, 1.807) is 24.5 Å². The van der Waals surface area contributed by atoms with E-state index in [0.717, 1.165) is 29.9 Å². The Morgan fingerprint density at radius 3 is 2.78 bits per heavy atom. The van der Waals surface area contributed by atoms with Crippen molar-refractivity contribution in [3.05, 3.63) is 88.3 Å². The van der Waals surface area contributed by atoms with E-state index in [2.05, 4.69) is 60.4 Å². The van der Waals surface area contributed by atoms with Crippen molar-refractivity contribution in [1.29, 1.82) is 0 Å². The largest absolute Gasteiger partial charge is 0.353 e. The second-order valence-corrected chi connectivity index (χ2v) is 7.38. The van der Waals surface area contributed by atoms with Crippen molar-refractivity contribution in [1.82, 2.24) is 15.3 Å². The van der Waals surface area contributed by atoms with E-state index in [1.165, 1.54) is 5.56 Å². The Morgan fingerprint density at radius 1 is 1.11 bits per heavy atom. The molecule has 0 radical (unpaired) electrons. The highest BCUT2D eigenvalue weighted by atomic mass is 79.9. The van der Waals surface area contributed by atoms with Crippen molar-refractivity contribution in [2.75, 3.05) is 24.5 Å². The van der Waals surface area contributed by atoms with Gasteiger partial charge in [-0.25, -0.2) is 4.98 Å². The van der Waals surface area contributed by atoms with Crippen LogP contribution in [-0.4, -0.2) is 35.4 Å². The molecule has 1 N–H and O–H groups in total. The molecule has 1 aliphatic rings. The van der Waals surface area contributed by atoms with Crippen molar-refractivity contribution in [3.8, 4) is 0 Å².